The molecule has 3 aromatic rings. The highest BCUT2D eigenvalue weighted by molar-refractivity contribution is 7.99. The summed E-state index contributed by atoms with van der Waals surface area (Å²) in [6, 6.07) is 8.74. The zero-order valence-electron chi connectivity index (χ0n) is 13.9. The van der Waals surface area contributed by atoms with Crippen LogP contribution in [0.3, 0.4) is 0 Å². The van der Waals surface area contributed by atoms with Gasteiger partial charge in [0.2, 0.25) is 5.91 Å². The largest absolute Gasteiger partial charge is 0.383 e. The van der Waals surface area contributed by atoms with Crippen LogP contribution in [0.2, 0.25) is 5.02 Å². The Hall–Kier alpha value is -1.87. The van der Waals surface area contributed by atoms with Crippen molar-refractivity contribution in [1.29, 1.82) is 0 Å². The standard InChI is InChI=1S/C17H16ClN3O3S2/c1-24-7-6-21-16(23)15-13(5-8-25-15)20-17(21)26-10-14(22)19-12-4-2-3-11(18)9-12/h2-5,8-9H,6-7,10H2,1H3,(H,19,22). The van der Waals surface area contributed by atoms with Crippen molar-refractivity contribution in [3.63, 3.8) is 0 Å². The van der Waals surface area contributed by atoms with Gasteiger partial charge in [-0.2, -0.15) is 0 Å². The molecule has 1 aromatic carbocycles. The Morgan fingerprint density at radius 1 is 1.42 bits per heavy atom. The van der Waals surface area contributed by atoms with E-state index < -0.39 is 0 Å². The molecule has 0 unspecified atom stereocenters. The summed E-state index contributed by atoms with van der Waals surface area (Å²) in [5.41, 5.74) is 1.16. The van der Waals surface area contributed by atoms with Gasteiger partial charge >= 0.3 is 0 Å². The number of nitrogens with one attached hydrogen (secondary N) is 1. The van der Waals surface area contributed by atoms with E-state index in [1.807, 2.05) is 5.38 Å². The van der Waals surface area contributed by atoms with Crippen molar-refractivity contribution in [3.8, 4) is 0 Å². The summed E-state index contributed by atoms with van der Waals surface area (Å²) in [5.74, 6) is -0.0723. The predicted molar refractivity (Wildman–Crippen MR) is 107 cm³/mol. The molecule has 6 nitrogen and oxygen atoms in total. The van der Waals surface area contributed by atoms with Crippen molar-refractivity contribution in [2.75, 3.05) is 24.8 Å². The van der Waals surface area contributed by atoms with Crippen LogP contribution in [-0.2, 0) is 16.1 Å². The Labute approximate surface area is 163 Å². The number of anilines is 1. The summed E-state index contributed by atoms with van der Waals surface area (Å²) in [6.45, 7) is 0.773. The maximum atomic E-state index is 12.6. The summed E-state index contributed by atoms with van der Waals surface area (Å²) >= 11 is 8.49. The van der Waals surface area contributed by atoms with Gasteiger partial charge in [-0.05, 0) is 29.6 Å². The molecular formula is C17H16ClN3O3S2. The highest BCUT2D eigenvalue weighted by Crippen LogP contribution is 2.21. The molecule has 0 saturated carbocycles. The monoisotopic (exact) mass is 409 g/mol. The number of hydrogen-bond acceptors (Lipinski definition) is 6. The second-order valence-electron chi connectivity index (χ2n) is 5.33. The Morgan fingerprint density at radius 3 is 3.04 bits per heavy atom. The molecule has 0 aliphatic carbocycles. The van der Waals surface area contributed by atoms with Crippen LogP contribution >= 0.6 is 34.7 Å². The summed E-state index contributed by atoms with van der Waals surface area (Å²) in [7, 11) is 1.58. The summed E-state index contributed by atoms with van der Waals surface area (Å²) < 4.78 is 7.24. The van der Waals surface area contributed by atoms with E-state index >= 15 is 0 Å². The fourth-order valence-corrected chi connectivity index (χ4v) is 4.10. The van der Waals surface area contributed by atoms with E-state index in [4.69, 9.17) is 16.3 Å². The van der Waals surface area contributed by atoms with E-state index in [9.17, 15) is 9.59 Å². The minimum absolute atomic E-state index is 0.111. The maximum Gasteiger partial charge on any atom is 0.272 e. The van der Waals surface area contributed by atoms with Crippen LogP contribution in [0.1, 0.15) is 0 Å². The number of nitrogens with zero attached hydrogens (tertiary/aromatic N) is 2. The molecule has 0 aliphatic rings. The number of carbonyl (C=O) groups is 1. The van der Waals surface area contributed by atoms with Gasteiger partial charge in [0.1, 0.15) is 4.70 Å². The first-order chi connectivity index (χ1) is 12.6. The van der Waals surface area contributed by atoms with Gasteiger partial charge in [-0.15, -0.1) is 11.3 Å². The first-order valence-electron chi connectivity index (χ1n) is 7.73. The van der Waals surface area contributed by atoms with Gasteiger partial charge in [-0.3, -0.25) is 14.2 Å². The normalized spacial score (nSPS) is 11.0. The molecule has 1 N–H and O–H groups in total. The SMILES string of the molecule is COCCn1c(SCC(=O)Nc2cccc(Cl)c2)nc2ccsc2c1=O. The topological polar surface area (TPSA) is 73.2 Å². The Balaban J connectivity index is 1.76. The fourth-order valence-electron chi connectivity index (χ4n) is 2.31. The molecule has 0 spiro atoms. The first kappa shape index (κ1) is 18.9. The molecule has 0 aliphatic heterocycles. The first-order valence-corrected chi connectivity index (χ1v) is 9.98. The van der Waals surface area contributed by atoms with Crippen LogP contribution in [0.4, 0.5) is 5.69 Å². The van der Waals surface area contributed by atoms with Crippen LogP contribution in [0, 0.1) is 0 Å². The molecule has 0 bridgehead atoms. The number of hydrogen-bond donors (Lipinski definition) is 1. The number of rotatable bonds is 7. The number of thioether (sulfide) groups is 1. The van der Waals surface area contributed by atoms with E-state index in [1.54, 1.807) is 42.0 Å². The van der Waals surface area contributed by atoms with Gasteiger partial charge in [0, 0.05) is 17.8 Å². The smallest absolute Gasteiger partial charge is 0.272 e. The molecule has 0 atom stereocenters. The van der Waals surface area contributed by atoms with Crippen molar-refractivity contribution in [1.82, 2.24) is 9.55 Å². The molecule has 1 amide bonds. The fraction of sp³-hybridized carbons (Fsp3) is 0.235. The number of aromatic nitrogens is 2. The number of methoxy groups -OCH3 is 1. The number of thiophene rings is 1. The zero-order valence-corrected chi connectivity index (χ0v) is 16.3. The lowest BCUT2D eigenvalue weighted by Crippen LogP contribution is -2.25. The van der Waals surface area contributed by atoms with Crippen LogP contribution in [0.15, 0.2) is 45.7 Å². The van der Waals surface area contributed by atoms with Crippen molar-refractivity contribution in [3.05, 3.63) is 51.1 Å². The lowest BCUT2D eigenvalue weighted by atomic mass is 10.3. The molecule has 3 rings (SSSR count). The van der Waals surface area contributed by atoms with Crippen LogP contribution in [-0.4, -0.2) is 34.9 Å². The second-order valence-corrected chi connectivity index (χ2v) is 7.62. The van der Waals surface area contributed by atoms with Gasteiger partial charge in [0.15, 0.2) is 5.16 Å². The highest BCUT2D eigenvalue weighted by Gasteiger charge is 2.14. The van der Waals surface area contributed by atoms with Gasteiger partial charge < -0.3 is 10.1 Å². The van der Waals surface area contributed by atoms with Crippen molar-refractivity contribution >= 4 is 56.5 Å². The van der Waals surface area contributed by atoms with Gasteiger partial charge in [0.05, 0.1) is 24.4 Å². The van der Waals surface area contributed by atoms with Crippen molar-refractivity contribution in [2.24, 2.45) is 0 Å². The Bertz CT molecular complexity index is 987. The second kappa shape index (κ2) is 8.68. The zero-order chi connectivity index (χ0) is 18.5. The van der Waals surface area contributed by atoms with Gasteiger partial charge in [-0.1, -0.05) is 29.4 Å². The summed E-state index contributed by atoms with van der Waals surface area (Å²) in [4.78, 5) is 29.4. The minimum Gasteiger partial charge on any atom is -0.383 e. The molecule has 9 heteroatoms. The molecule has 0 fully saturated rings. The third kappa shape index (κ3) is 4.45. The van der Waals surface area contributed by atoms with E-state index in [2.05, 4.69) is 10.3 Å². The highest BCUT2D eigenvalue weighted by atomic mass is 35.5. The molecule has 0 radical (unpaired) electrons. The Kier molecular flexibility index (Phi) is 6.31. The number of amides is 1. The van der Waals surface area contributed by atoms with Crippen LogP contribution in [0.5, 0.6) is 0 Å². The average molecular weight is 410 g/mol. The van der Waals surface area contributed by atoms with Crippen LogP contribution < -0.4 is 10.9 Å². The number of halogens is 1. The number of fused-ring (bicyclic) bond motifs is 1. The number of ether oxygens (including phenoxy) is 1. The van der Waals surface area contributed by atoms with E-state index in [0.29, 0.717) is 39.2 Å². The van der Waals surface area contributed by atoms with Gasteiger partial charge in [-0.25, -0.2) is 4.98 Å². The number of benzene rings is 1. The van der Waals surface area contributed by atoms with E-state index in [1.165, 1.54) is 23.1 Å². The average Bonchev–Trinajstić information content (AvgIpc) is 3.08. The molecule has 2 heterocycles. The quantitative estimate of drug-likeness (QED) is 0.477. The maximum absolute atomic E-state index is 12.6. The van der Waals surface area contributed by atoms with E-state index in [0.717, 1.165) is 0 Å². The Morgan fingerprint density at radius 2 is 2.27 bits per heavy atom. The summed E-state index contributed by atoms with van der Waals surface area (Å²) in [6.07, 6.45) is 0. The summed E-state index contributed by atoms with van der Waals surface area (Å²) in [5, 5.41) is 5.66. The van der Waals surface area contributed by atoms with Crippen molar-refractivity contribution in [2.45, 2.75) is 11.7 Å². The molecule has 26 heavy (non-hydrogen) atoms. The minimum atomic E-state index is -0.199. The lowest BCUT2D eigenvalue weighted by molar-refractivity contribution is -0.113. The molecule has 2 aromatic heterocycles. The predicted octanol–water partition coefficient (Wildman–Crippen LogP) is 3.49. The molecular weight excluding hydrogens is 394 g/mol. The third-order valence-electron chi connectivity index (χ3n) is 3.49. The van der Waals surface area contributed by atoms with E-state index in [-0.39, 0.29) is 17.2 Å². The lowest BCUT2D eigenvalue weighted by Gasteiger charge is -2.11. The van der Waals surface area contributed by atoms with Crippen molar-refractivity contribution < 1.29 is 9.53 Å². The van der Waals surface area contributed by atoms with Gasteiger partial charge in [0.25, 0.3) is 5.56 Å². The molecule has 0 saturated heterocycles. The van der Waals surface area contributed by atoms with Crippen LogP contribution in [0.25, 0.3) is 10.2 Å². The third-order valence-corrected chi connectivity index (χ3v) is 5.59. The number of carbonyl (C=O) groups excluding carboxylic acids is 1. The molecule has 136 valence electrons.